The van der Waals surface area contributed by atoms with Crippen LogP contribution in [0.4, 0.5) is 5.69 Å². The lowest BCUT2D eigenvalue weighted by molar-refractivity contribution is -0.115. The highest BCUT2D eigenvalue weighted by Gasteiger charge is 2.15. The summed E-state index contributed by atoms with van der Waals surface area (Å²) >= 11 is 5.88. The number of carbonyl (C=O) groups is 2. The van der Waals surface area contributed by atoms with Crippen LogP contribution in [0.3, 0.4) is 0 Å². The molecular weight excluding hydrogens is 362 g/mol. The molecule has 0 aromatic heterocycles. The van der Waals surface area contributed by atoms with Gasteiger partial charge in [-0.25, -0.2) is 5.43 Å². The molecule has 2 aromatic rings. The number of fused-ring (bicyclic) bond motifs is 1. The van der Waals surface area contributed by atoms with Gasteiger partial charge in [-0.15, -0.1) is 0 Å². The van der Waals surface area contributed by atoms with Crippen LogP contribution in [-0.2, 0) is 17.6 Å². The van der Waals surface area contributed by atoms with E-state index in [2.05, 4.69) is 21.9 Å². The minimum atomic E-state index is -0.366. The molecule has 1 aliphatic rings. The normalized spacial score (nSPS) is 13.6. The third kappa shape index (κ3) is 5.17. The van der Waals surface area contributed by atoms with Gasteiger partial charge in [-0.05, 0) is 68.0 Å². The fourth-order valence-electron chi connectivity index (χ4n) is 3.21. The van der Waals surface area contributed by atoms with Gasteiger partial charge in [-0.3, -0.25) is 9.59 Å². The monoisotopic (exact) mass is 383 g/mol. The highest BCUT2D eigenvalue weighted by Crippen LogP contribution is 2.27. The second kappa shape index (κ2) is 8.82. The Hall–Kier alpha value is -2.66. The third-order valence-electron chi connectivity index (χ3n) is 4.52. The van der Waals surface area contributed by atoms with Crippen molar-refractivity contribution in [2.75, 3.05) is 5.32 Å². The van der Waals surface area contributed by atoms with Gasteiger partial charge >= 0.3 is 0 Å². The van der Waals surface area contributed by atoms with Crippen molar-refractivity contribution in [1.29, 1.82) is 0 Å². The van der Waals surface area contributed by atoms with Gasteiger partial charge < -0.3 is 5.32 Å². The van der Waals surface area contributed by atoms with Crippen LogP contribution < -0.4 is 10.7 Å². The zero-order chi connectivity index (χ0) is 19.2. The van der Waals surface area contributed by atoms with Crippen molar-refractivity contribution < 1.29 is 9.59 Å². The van der Waals surface area contributed by atoms with E-state index in [1.165, 1.54) is 17.5 Å². The fourth-order valence-corrected chi connectivity index (χ4v) is 3.40. The maximum Gasteiger partial charge on any atom is 0.271 e. The Morgan fingerprint density at radius 3 is 2.70 bits per heavy atom. The van der Waals surface area contributed by atoms with Crippen LogP contribution in [0.1, 0.15) is 47.7 Å². The molecule has 0 unspecified atom stereocenters. The Morgan fingerprint density at radius 2 is 1.89 bits per heavy atom. The molecule has 0 spiro atoms. The van der Waals surface area contributed by atoms with E-state index in [0.29, 0.717) is 16.3 Å². The molecule has 2 aromatic carbocycles. The summed E-state index contributed by atoms with van der Waals surface area (Å²) in [6, 6.07) is 12.6. The molecule has 0 bridgehead atoms. The van der Waals surface area contributed by atoms with E-state index in [1.807, 2.05) is 12.1 Å². The van der Waals surface area contributed by atoms with Gasteiger partial charge in [-0.2, -0.15) is 5.10 Å². The van der Waals surface area contributed by atoms with Crippen molar-refractivity contribution in [3.63, 3.8) is 0 Å². The Bertz CT molecular complexity index is 893. The van der Waals surface area contributed by atoms with Crippen LogP contribution in [0, 0.1) is 0 Å². The Morgan fingerprint density at radius 1 is 1.11 bits per heavy atom. The standard InChI is InChI=1S/C21H22ClN3O2/c1-14(24-25-21(27)16-8-4-9-17(22)13-16)12-20(26)23-19-11-5-7-15-6-2-3-10-18(15)19/h4-5,7-9,11,13H,2-3,6,10,12H2,1H3,(H,23,26)(H,25,27). The molecule has 0 saturated carbocycles. The van der Waals surface area contributed by atoms with Gasteiger partial charge in [0.05, 0.1) is 6.42 Å². The zero-order valence-corrected chi connectivity index (χ0v) is 16.0. The van der Waals surface area contributed by atoms with E-state index < -0.39 is 0 Å². The van der Waals surface area contributed by atoms with E-state index in [9.17, 15) is 9.59 Å². The number of halogens is 1. The quantitative estimate of drug-likeness (QED) is 0.595. The van der Waals surface area contributed by atoms with Crippen molar-refractivity contribution >= 4 is 34.8 Å². The zero-order valence-electron chi connectivity index (χ0n) is 15.2. The van der Waals surface area contributed by atoms with Crippen LogP contribution in [-0.4, -0.2) is 17.5 Å². The summed E-state index contributed by atoms with van der Waals surface area (Å²) < 4.78 is 0. The smallest absolute Gasteiger partial charge is 0.271 e. The van der Waals surface area contributed by atoms with Crippen LogP contribution >= 0.6 is 11.6 Å². The first-order valence-electron chi connectivity index (χ1n) is 9.02. The van der Waals surface area contributed by atoms with Crippen molar-refractivity contribution in [2.24, 2.45) is 5.10 Å². The molecule has 140 valence electrons. The van der Waals surface area contributed by atoms with Gasteiger partial charge in [0.15, 0.2) is 0 Å². The van der Waals surface area contributed by atoms with Gasteiger partial charge in [0.2, 0.25) is 5.91 Å². The highest BCUT2D eigenvalue weighted by atomic mass is 35.5. The number of aryl methyl sites for hydroxylation is 1. The van der Waals surface area contributed by atoms with Gasteiger partial charge in [-0.1, -0.05) is 29.8 Å². The number of nitrogens with zero attached hydrogens (tertiary/aromatic N) is 1. The lowest BCUT2D eigenvalue weighted by atomic mass is 9.90. The number of benzene rings is 2. The average Bonchev–Trinajstić information content (AvgIpc) is 2.66. The third-order valence-corrected chi connectivity index (χ3v) is 4.76. The topological polar surface area (TPSA) is 70.6 Å². The highest BCUT2D eigenvalue weighted by molar-refractivity contribution is 6.31. The fraction of sp³-hybridized carbons (Fsp3) is 0.286. The predicted octanol–water partition coefficient (Wildman–Crippen LogP) is 4.35. The number of rotatable bonds is 5. The minimum absolute atomic E-state index is 0.111. The van der Waals surface area contributed by atoms with Crippen molar-refractivity contribution in [3.05, 3.63) is 64.2 Å². The lowest BCUT2D eigenvalue weighted by Gasteiger charge is -2.19. The molecule has 0 saturated heterocycles. The summed E-state index contributed by atoms with van der Waals surface area (Å²) in [4.78, 5) is 24.4. The number of hydrogen-bond donors (Lipinski definition) is 2. The maximum absolute atomic E-state index is 12.3. The molecular formula is C21H22ClN3O2. The van der Waals surface area contributed by atoms with Crippen LogP contribution in [0.25, 0.3) is 0 Å². The molecule has 0 atom stereocenters. The Balaban J connectivity index is 1.58. The molecule has 2 N–H and O–H groups in total. The Labute approximate surface area is 163 Å². The van der Waals surface area contributed by atoms with Crippen molar-refractivity contribution in [2.45, 2.75) is 39.0 Å². The molecule has 0 fully saturated rings. The molecule has 0 aliphatic heterocycles. The molecule has 3 rings (SSSR count). The molecule has 6 heteroatoms. The molecule has 2 amide bonds. The number of carbonyl (C=O) groups excluding carboxylic acids is 2. The second-order valence-corrected chi connectivity index (χ2v) is 7.11. The summed E-state index contributed by atoms with van der Waals surface area (Å²) in [7, 11) is 0. The molecule has 0 heterocycles. The van der Waals surface area contributed by atoms with E-state index in [1.54, 1.807) is 31.2 Å². The van der Waals surface area contributed by atoms with Crippen LogP contribution in [0.5, 0.6) is 0 Å². The number of hydrazone groups is 1. The van der Waals surface area contributed by atoms with E-state index in [4.69, 9.17) is 11.6 Å². The first-order chi connectivity index (χ1) is 13.0. The summed E-state index contributed by atoms with van der Waals surface area (Å²) in [5.74, 6) is -0.512. The largest absolute Gasteiger partial charge is 0.325 e. The first-order valence-corrected chi connectivity index (χ1v) is 9.40. The minimum Gasteiger partial charge on any atom is -0.325 e. The predicted molar refractivity (Wildman–Crippen MR) is 108 cm³/mol. The van der Waals surface area contributed by atoms with E-state index >= 15 is 0 Å². The van der Waals surface area contributed by atoms with E-state index in [0.717, 1.165) is 24.9 Å². The second-order valence-electron chi connectivity index (χ2n) is 6.67. The van der Waals surface area contributed by atoms with Crippen molar-refractivity contribution in [3.8, 4) is 0 Å². The first kappa shape index (κ1) is 19.1. The van der Waals surface area contributed by atoms with Gasteiger partial charge in [0.25, 0.3) is 5.91 Å². The van der Waals surface area contributed by atoms with E-state index in [-0.39, 0.29) is 18.2 Å². The molecule has 5 nitrogen and oxygen atoms in total. The number of nitrogens with one attached hydrogen (secondary N) is 2. The average molecular weight is 384 g/mol. The summed E-state index contributed by atoms with van der Waals surface area (Å²) in [5.41, 5.74) is 6.83. The summed E-state index contributed by atoms with van der Waals surface area (Å²) in [5, 5.41) is 7.47. The van der Waals surface area contributed by atoms with Crippen LogP contribution in [0.15, 0.2) is 47.6 Å². The molecule has 1 aliphatic carbocycles. The number of amides is 2. The Kier molecular flexibility index (Phi) is 6.24. The van der Waals surface area contributed by atoms with Gasteiger partial charge in [0, 0.05) is 22.0 Å². The SMILES string of the molecule is CC(CC(=O)Nc1cccc2c1CCCC2)=NNC(=O)c1cccc(Cl)c1. The molecule has 0 radical (unpaired) electrons. The number of hydrogen-bond acceptors (Lipinski definition) is 3. The van der Waals surface area contributed by atoms with Crippen molar-refractivity contribution in [1.82, 2.24) is 5.43 Å². The molecule has 27 heavy (non-hydrogen) atoms. The summed E-state index contributed by atoms with van der Waals surface area (Å²) in [6.07, 6.45) is 4.52. The number of anilines is 1. The lowest BCUT2D eigenvalue weighted by Crippen LogP contribution is -2.22. The summed E-state index contributed by atoms with van der Waals surface area (Å²) in [6.45, 7) is 1.71. The maximum atomic E-state index is 12.3. The van der Waals surface area contributed by atoms with Crippen LogP contribution in [0.2, 0.25) is 5.02 Å². The van der Waals surface area contributed by atoms with Gasteiger partial charge in [0.1, 0.15) is 0 Å².